The number of fused-ring (bicyclic) bond motifs is 2. The van der Waals surface area contributed by atoms with E-state index in [0.29, 0.717) is 18.3 Å². The van der Waals surface area contributed by atoms with Crippen LogP contribution in [0.1, 0.15) is 36.9 Å². The van der Waals surface area contributed by atoms with Crippen LogP contribution in [0.3, 0.4) is 0 Å². The molecule has 1 aliphatic carbocycles. The van der Waals surface area contributed by atoms with Gasteiger partial charge >= 0.3 is 0 Å². The molecule has 4 heterocycles. The van der Waals surface area contributed by atoms with Crippen LogP contribution in [0.25, 0.3) is 5.78 Å². The molecule has 1 N–H and O–H groups in total. The average Bonchev–Trinajstić information content (AvgIpc) is 3.32. The van der Waals surface area contributed by atoms with Crippen LogP contribution >= 0.6 is 0 Å². The molecule has 2 fully saturated rings. The minimum Gasteiger partial charge on any atom is -0.356 e. The molecule has 126 valence electrons. The number of rotatable bonds is 2. The quantitative estimate of drug-likeness (QED) is 0.890. The number of piperidine rings is 1. The van der Waals surface area contributed by atoms with E-state index in [0.717, 1.165) is 51.1 Å². The molecule has 7 nitrogen and oxygen atoms in total. The third-order valence-electron chi connectivity index (χ3n) is 5.94. The third-order valence-corrected chi connectivity index (χ3v) is 5.94. The molecule has 2 aromatic heterocycles. The van der Waals surface area contributed by atoms with Crippen molar-refractivity contribution in [3.8, 4) is 0 Å². The molecule has 2 saturated heterocycles. The molecule has 1 unspecified atom stereocenters. The second-order valence-electron chi connectivity index (χ2n) is 7.28. The van der Waals surface area contributed by atoms with Crippen molar-refractivity contribution in [3.05, 3.63) is 17.6 Å². The summed E-state index contributed by atoms with van der Waals surface area (Å²) in [5.41, 5.74) is 2.57. The summed E-state index contributed by atoms with van der Waals surface area (Å²) in [5, 5.41) is 7.41. The van der Waals surface area contributed by atoms with E-state index >= 15 is 0 Å². The highest BCUT2D eigenvalue weighted by Gasteiger charge is 2.33. The molecule has 1 atom stereocenters. The van der Waals surface area contributed by atoms with Gasteiger partial charge in [0, 0.05) is 31.6 Å². The van der Waals surface area contributed by atoms with Gasteiger partial charge in [0.15, 0.2) is 0 Å². The minimum absolute atomic E-state index is 0.221. The average molecular weight is 326 g/mol. The lowest BCUT2D eigenvalue weighted by Crippen LogP contribution is -2.38. The van der Waals surface area contributed by atoms with Crippen LogP contribution in [0.15, 0.2) is 6.33 Å². The smallest absolute Gasteiger partial charge is 0.254 e. The molecule has 5 rings (SSSR count). The van der Waals surface area contributed by atoms with Gasteiger partial charge in [0.2, 0.25) is 5.91 Å². The summed E-state index contributed by atoms with van der Waals surface area (Å²) in [6, 6.07) is 0. The first-order chi connectivity index (χ1) is 11.8. The fourth-order valence-electron chi connectivity index (χ4n) is 4.67. The van der Waals surface area contributed by atoms with Gasteiger partial charge in [-0.05, 0) is 43.9 Å². The number of amides is 1. The number of nitrogens with one attached hydrogen (secondary N) is 1. The highest BCUT2D eigenvalue weighted by molar-refractivity contribution is 5.78. The van der Waals surface area contributed by atoms with Gasteiger partial charge in [-0.15, -0.1) is 0 Å². The van der Waals surface area contributed by atoms with Crippen molar-refractivity contribution in [3.63, 3.8) is 0 Å². The Kier molecular flexibility index (Phi) is 3.21. The van der Waals surface area contributed by atoms with Crippen molar-refractivity contribution in [2.24, 2.45) is 11.8 Å². The molecule has 3 aliphatic rings. The molecule has 24 heavy (non-hydrogen) atoms. The number of aryl methyl sites for hydroxylation is 1. The molecule has 1 amide bonds. The molecule has 0 spiro atoms. The van der Waals surface area contributed by atoms with Crippen molar-refractivity contribution in [2.75, 3.05) is 24.5 Å². The minimum atomic E-state index is 0.221. The van der Waals surface area contributed by atoms with E-state index in [4.69, 9.17) is 0 Å². The Morgan fingerprint density at radius 3 is 2.83 bits per heavy atom. The standard InChI is InChI=1S/C17H22N6O/c24-15-8-12(9-18-15)11-4-6-22(7-5-11)16-13-2-1-3-14(13)21-17-19-10-20-23(16)17/h10-12H,1-9H2,(H,18,24). The first kappa shape index (κ1) is 14.2. The molecule has 0 bridgehead atoms. The van der Waals surface area contributed by atoms with Gasteiger partial charge in [0.25, 0.3) is 5.78 Å². The highest BCUT2D eigenvalue weighted by Crippen LogP contribution is 2.35. The lowest BCUT2D eigenvalue weighted by molar-refractivity contribution is -0.119. The van der Waals surface area contributed by atoms with Gasteiger partial charge in [-0.3, -0.25) is 4.79 Å². The molecule has 0 aromatic carbocycles. The summed E-state index contributed by atoms with van der Waals surface area (Å²) in [7, 11) is 0. The molecule has 2 aliphatic heterocycles. The Hall–Kier alpha value is -2.18. The van der Waals surface area contributed by atoms with Crippen LogP contribution in [0.2, 0.25) is 0 Å². The Bertz CT molecular complexity index is 792. The fraction of sp³-hybridized carbons (Fsp3) is 0.647. The van der Waals surface area contributed by atoms with Gasteiger partial charge in [-0.1, -0.05) is 0 Å². The molecule has 7 heteroatoms. The van der Waals surface area contributed by atoms with Crippen molar-refractivity contribution in [1.29, 1.82) is 0 Å². The SMILES string of the molecule is O=C1CC(C2CCN(c3c4c(nc5ncnn35)CCC4)CC2)CN1. The predicted molar refractivity (Wildman–Crippen MR) is 88.9 cm³/mol. The Morgan fingerprint density at radius 2 is 2.04 bits per heavy atom. The summed E-state index contributed by atoms with van der Waals surface area (Å²) in [4.78, 5) is 22.9. The van der Waals surface area contributed by atoms with Crippen molar-refractivity contribution < 1.29 is 4.79 Å². The largest absolute Gasteiger partial charge is 0.356 e. The van der Waals surface area contributed by atoms with Crippen molar-refractivity contribution >= 4 is 17.5 Å². The normalized spacial score (nSPS) is 24.6. The molecule has 2 aromatic rings. The second kappa shape index (κ2) is 5.43. The first-order valence-corrected chi connectivity index (χ1v) is 9.03. The number of hydrogen-bond acceptors (Lipinski definition) is 5. The van der Waals surface area contributed by atoms with Gasteiger partial charge in [0.1, 0.15) is 12.1 Å². The van der Waals surface area contributed by atoms with E-state index in [-0.39, 0.29) is 5.91 Å². The first-order valence-electron chi connectivity index (χ1n) is 9.03. The lowest BCUT2D eigenvalue weighted by Gasteiger charge is -2.36. The van der Waals surface area contributed by atoms with Gasteiger partial charge < -0.3 is 10.2 Å². The van der Waals surface area contributed by atoms with Crippen molar-refractivity contribution in [1.82, 2.24) is 24.9 Å². The van der Waals surface area contributed by atoms with Crippen LogP contribution in [-0.4, -0.2) is 45.1 Å². The Morgan fingerprint density at radius 1 is 1.17 bits per heavy atom. The number of carbonyl (C=O) groups is 1. The van der Waals surface area contributed by atoms with Crippen molar-refractivity contribution in [2.45, 2.75) is 38.5 Å². The summed E-state index contributed by atoms with van der Waals surface area (Å²) in [6.07, 6.45) is 7.92. The van der Waals surface area contributed by atoms with E-state index < -0.39 is 0 Å². The van der Waals surface area contributed by atoms with E-state index in [1.54, 1.807) is 6.33 Å². The predicted octanol–water partition coefficient (Wildman–Crippen LogP) is 0.966. The molecule has 0 saturated carbocycles. The zero-order valence-corrected chi connectivity index (χ0v) is 13.7. The topological polar surface area (TPSA) is 75.4 Å². The molecular formula is C17H22N6O. The van der Waals surface area contributed by atoms with E-state index in [9.17, 15) is 4.79 Å². The summed E-state index contributed by atoms with van der Waals surface area (Å²) in [5.74, 6) is 3.33. The number of carbonyl (C=O) groups excluding carboxylic acids is 1. The maximum atomic E-state index is 11.5. The summed E-state index contributed by atoms with van der Waals surface area (Å²) < 4.78 is 1.92. The van der Waals surface area contributed by atoms with E-state index in [1.165, 1.54) is 23.5 Å². The summed E-state index contributed by atoms with van der Waals surface area (Å²) >= 11 is 0. The molecule has 0 radical (unpaired) electrons. The van der Waals surface area contributed by atoms with Gasteiger partial charge in [0.05, 0.1) is 5.69 Å². The lowest BCUT2D eigenvalue weighted by atomic mass is 9.83. The Labute approximate surface area is 140 Å². The van der Waals surface area contributed by atoms with Crippen LogP contribution < -0.4 is 10.2 Å². The third kappa shape index (κ3) is 2.17. The number of nitrogens with zero attached hydrogens (tertiary/aromatic N) is 5. The summed E-state index contributed by atoms with van der Waals surface area (Å²) in [6.45, 7) is 2.92. The number of aromatic nitrogens is 4. The van der Waals surface area contributed by atoms with Crippen LogP contribution in [0, 0.1) is 11.8 Å². The van der Waals surface area contributed by atoms with Gasteiger partial charge in [-0.2, -0.15) is 14.6 Å². The molecular weight excluding hydrogens is 304 g/mol. The zero-order valence-electron chi connectivity index (χ0n) is 13.7. The number of hydrogen-bond donors (Lipinski definition) is 1. The Balaban J connectivity index is 1.41. The zero-order chi connectivity index (χ0) is 16.1. The van der Waals surface area contributed by atoms with E-state index in [2.05, 4.69) is 25.3 Å². The van der Waals surface area contributed by atoms with E-state index in [1.807, 2.05) is 4.52 Å². The monoisotopic (exact) mass is 326 g/mol. The fourth-order valence-corrected chi connectivity index (χ4v) is 4.67. The van der Waals surface area contributed by atoms with Crippen LogP contribution in [0.5, 0.6) is 0 Å². The maximum absolute atomic E-state index is 11.5. The van der Waals surface area contributed by atoms with Crippen LogP contribution in [0.4, 0.5) is 5.82 Å². The van der Waals surface area contributed by atoms with Crippen LogP contribution in [-0.2, 0) is 17.6 Å². The number of anilines is 1. The highest BCUT2D eigenvalue weighted by atomic mass is 16.1. The second-order valence-corrected chi connectivity index (χ2v) is 7.28. The van der Waals surface area contributed by atoms with Gasteiger partial charge in [-0.25, -0.2) is 4.98 Å². The maximum Gasteiger partial charge on any atom is 0.254 e.